The molecule has 0 spiro atoms. The van der Waals surface area contributed by atoms with Gasteiger partial charge in [-0.3, -0.25) is 4.40 Å². The zero-order chi connectivity index (χ0) is 8.55. The number of fused-ring (bicyclic) bond motifs is 1. The van der Waals surface area contributed by atoms with Gasteiger partial charge in [-0.15, -0.1) is 10.2 Å². The zero-order valence-corrected chi connectivity index (χ0v) is 7.93. The van der Waals surface area contributed by atoms with Crippen molar-refractivity contribution < 1.29 is 0 Å². The second-order valence-corrected chi connectivity index (χ2v) is 3.37. The molecule has 0 fully saturated rings. The van der Waals surface area contributed by atoms with E-state index >= 15 is 0 Å². The van der Waals surface area contributed by atoms with Crippen LogP contribution in [0.15, 0.2) is 23.5 Å². The van der Waals surface area contributed by atoms with Crippen LogP contribution in [0.2, 0.25) is 5.15 Å². The lowest BCUT2D eigenvalue weighted by Crippen LogP contribution is -1.95. The van der Waals surface area contributed by atoms with E-state index in [-0.39, 0.29) is 0 Å². The van der Waals surface area contributed by atoms with Crippen molar-refractivity contribution in [1.82, 2.24) is 14.6 Å². The normalized spacial score (nSPS) is 10.8. The number of nitrogens with zero attached hydrogens (tertiary/aromatic N) is 3. The van der Waals surface area contributed by atoms with Crippen molar-refractivity contribution in [2.75, 3.05) is 6.26 Å². The van der Waals surface area contributed by atoms with Gasteiger partial charge in [0, 0.05) is 6.20 Å². The van der Waals surface area contributed by atoms with Crippen molar-refractivity contribution >= 4 is 28.9 Å². The smallest absolute Gasteiger partial charge is 0.194 e. The fraction of sp³-hybridized carbons (Fsp3) is 0.143. The first-order valence-corrected chi connectivity index (χ1v) is 4.96. The molecule has 0 atom stereocenters. The number of thioether (sulfide) groups is 1. The molecule has 0 N–H and O–H groups in total. The molecule has 0 aliphatic heterocycles. The predicted molar refractivity (Wildman–Crippen MR) is 49.8 cm³/mol. The summed E-state index contributed by atoms with van der Waals surface area (Å²) in [6.07, 6.45) is 3.87. The molecular formula is C7H6ClN3S. The minimum absolute atomic E-state index is 0.442. The standard InChI is InChI=1S/C7H6ClN3S/c1-12-7-10-9-6(8)5-3-2-4-11(5)7/h2-4H,1H3. The molecule has 2 heterocycles. The average Bonchev–Trinajstić information content (AvgIpc) is 2.54. The first-order valence-electron chi connectivity index (χ1n) is 3.36. The first kappa shape index (κ1) is 7.89. The van der Waals surface area contributed by atoms with Crippen LogP contribution in [0.25, 0.3) is 5.52 Å². The predicted octanol–water partition coefficient (Wildman–Crippen LogP) is 2.10. The lowest BCUT2D eigenvalue weighted by Gasteiger charge is -2.00. The van der Waals surface area contributed by atoms with Gasteiger partial charge in [-0.1, -0.05) is 23.4 Å². The zero-order valence-electron chi connectivity index (χ0n) is 6.36. The number of halogens is 1. The second-order valence-electron chi connectivity index (χ2n) is 2.24. The van der Waals surface area contributed by atoms with Crippen molar-refractivity contribution in [3.05, 3.63) is 23.5 Å². The van der Waals surface area contributed by atoms with Crippen LogP contribution in [-0.4, -0.2) is 20.9 Å². The summed E-state index contributed by atoms with van der Waals surface area (Å²) in [5.41, 5.74) is 0.899. The minimum atomic E-state index is 0.442. The summed E-state index contributed by atoms with van der Waals surface area (Å²) in [6.45, 7) is 0. The molecule has 0 amide bonds. The molecule has 62 valence electrons. The van der Waals surface area contributed by atoms with E-state index in [1.165, 1.54) is 0 Å². The van der Waals surface area contributed by atoms with E-state index in [4.69, 9.17) is 11.6 Å². The Morgan fingerprint density at radius 1 is 1.50 bits per heavy atom. The van der Waals surface area contributed by atoms with E-state index < -0.39 is 0 Å². The summed E-state index contributed by atoms with van der Waals surface area (Å²) in [7, 11) is 0. The Labute approximate surface area is 78.7 Å². The topological polar surface area (TPSA) is 30.2 Å². The molecule has 0 aliphatic rings. The van der Waals surface area contributed by atoms with E-state index in [0.717, 1.165) is 10.7 Å². The molecular weight excluding hydrogens is 194 g/mol. The summed E-state index contributed by atoms with van der Waals surface area (Å²) < 4.78 is 1.92. The van der Waals surface area contributed by atoms with E-state index in [1.807, 2.05) is 29.0 Å². The van der Waals surface area contributed by atoms with Crippen molar-refractivity contribution in [1.29, 1.82) is 0 Å². The van der Waals surface area contributed by atoms with Crippen molar-refractivity contribution in [3.63, 3.8) is 0 Å². The Kier molecular flexibility index (Phi) is 1.94. The van der Waals surface area contributed by atoms with Gasteiger partial charge in [0.15, 0.2) is 10.3 Å². The summed E-state index contributed by atoms with van der Waals surface area (Å²) in [5.74, 6) is 0. The lowest BCUT2D eigenvalue weighted by atomic mass is 10.5. The molecule has 0 aliphatic carbocycles. The average molecular weight is 200 g/mol. The van der Waals surface area contributed by atoms with Crippen LogP contribution in [0.1, 0.15) is 0 Å². The maximum atomic E-state index is 5.82. The van der Waals surface area contributed by atoms with Gasteiger partial charge in [0.05, 0.1) is 5.52 Å². The Bertz CT molecular complexity index is 412. The van der Waals surface area contributed by atoms with Gasteiger partial charge in [0.25, 0.3) is 0 Å². The number of rotatable bonds is 1. The van der Waals surface area contributed by atoms with E-state index in [1.54, 1.807) is 11.8 Å². The molecule has 0 bridgehead atoms. The minimum Gasteiger partial charge on any atom is -0.292 e. The quantitative estimate of drug-likeness (QED) is 0.659. The Hall–Kier alpha value is -0.740. The van der Waals surface area contributed by atoms with E-state index in [9.17, 15) is 0 Å². The van der Waals surface area contributed by atoms with Crippen LogP contribution in [0.4, 0.5) is 0 Å². The molecule has 2 rings (SSSR count). The van der Waals surface area contributed by atoms with Crippen LogP contribution < -0.4 is 0 Å². The molecule has 0 saturated carbocycles. The molecule has 12 heavy (non-hydrogen) atoms. The third-order valence-electron chi connectivity index (χ3n) is 1.57. The molecule has 3 nitrogen and oxygen atoms in total. The fourth-order valence-electron chi connectivity index (χ4n) is 1.04. The van der Waals surface area contributed by atoms with Gasteiger partial charge < -0.3 is 0 Å². The van der Waals surface area contributed by atoms with Crippen LogP contribution >= 0.6 is 23.4 Å². The highest BCUT2D eigenvalue weighted by Gasteiger charge is 2.04. The second kappa shape index (κ2) is 2.95. The molecule has 0 aromatic carbocycles. The van der Waals surface area contributed by atoms with Crippen molar-refractivity contribution in [2.24, 2.45) is 0 Å². The SMILES string of the molecule is CSc1nnc(Cl)c2cccn12. The van der Waals surface area contributed by atoms with Gasteiger partial charge in [-0.25, -0.2) is 0 Å². The van der Waals surface area contributed by atoms with Crippen LogP contribution in [0, 0.1) is 0 Å². The van der Waals surface area contributed by atoms with Gasteiger partial charge in [-0.2, -0.15) is 0 Å². The highest BCUT2D eigenvalue weighted by atomic mass is 35.5. The Morgan fingerprint density at radius 2 is 2.33 bits per heavy atom. The monoisotopic (exact) mass is 199 g/mol. The van der Waals surface area contributed by atoms with Gasteiger partial charge in [0.1, 0.15) is 0 Å². The largest absolute Gasteiger partial charge is 0.292 e. The number of aromatic nitrogens is 3. The summed E-state index contributed by atoms with van der Waals surface area (Å²) >= 11 is 7.37. The Morgan fingerprint density at radius 3 is 3.08 bits per heavy atom. The summed E-state index contributed by atoms with van der Waals surface area (Å²) in [5, 5.41) is 9.05. The summed E-state index contributed by atoms with van der Waals surface area (Å²) in [6, 6.07) is 3.83. The third kappa shape index (κ3) is 1.07. The number of hydrogen-bond donors (Lipinski definition) is 0. The van der Waals surface area contributed by atoms with Crippen molar-refractivity contribution in [2.45, 2.75) is 5.16 Å². The van der Waals surface area contributed by atoms with Crippen LogP contribution in [0.3, 0.4) is 0 Å². The highest BCUT2D eigenvalue weighted by Crippen LogP contribution is 2.19. The van der Waals surface area contributed by atoms with Gasteiger partial charge in [-0.05, 0) is 18.4 Å². The maximum absolute atomic E-state index is 5.82. The molecule has 5 heteroatoms. The highest BCUT2D eigenvalue weighted by molar-refractivity contribution is 7.98. The fourth-order valence-corrected chi connectivity index (χ4v) is 1.71. The van der Waals surface area contributed by atoms with E-state index in [2.05, 4.69) is 10.2 Å². The molecule has 0 saturated heterocycles. The van der Waals surface area contributed by atoms with Gasteiger partial charge in [0.2, 0.25) is 0 Å². The van der Waals surface area contributed by atoms with Crippen molar-refractivity contribution in [3.8, 4) is 0 Å². The Balaban J connectivity index is 2.82. The number of hydrogen-bond acceptors (Lipinski definition) is 3. The molecule has 0 radical (unpaired) electrons. The lowest BCUT2D eigenvalue weighted by molar-refractivity contribution is 0.812. The van der Waals surface area contributed by atoms with Crippen LogP contribution in [0.5, 0.6) is 0 Å². The van der Waals surface area contributed by atoms with Gasteiger partial charge >= 0.3 is 0 Å². The summed E-state index contributed by atoms with van der Waals surface area (Å²) in [4.78, 5) is 0. The van der Waals surface area contributed by atoms with E-state index in [0.29, 0.717) is 5.15 Å². The molecule has 0 unspecified atom stereocenters. The molecule has 2 aromatic rings. The molecule has 2 aromatic heterocycles. The van der Waals surface area contributed by atoms with Crippen LogP contribution in [-0.2, 0) is 0 Å². The first-order chi connectivity index (χ1) is 5.83. The third-order valence-corrected chi connectivity index (χ3v) is 2.48. The maximum Gasteiger partial charge on any atom is 0.194 e.